The Balaban J connectivity index is 1.94. The van der Waals surface area contributed by atoms with Gasteiger partial charge in [-0.15, -0.1) is 0 Å². The van der Waals surface area contributed by atoms with Crippen LogP contribution in [-0.4, -0.2) is 32.6 Å². The molecule has 0 radical (unpaired) electrons. The third kappa shape index (κ3) is 2.96. The minimum Gasteiger partial charge on any atom is -0.497 e. The lowest BCUT2D eigenvalue weighted by Gasteiger charge is -2.39. The minimum absolute atomic E-state index is 0.716. The molecule has 2 nitrogen and oxygen atoms in total. The van der Waals surface area contributed by atoms with Crippen LogP contribution in [0.1, 0.15) is 42.7 Å². The first-order valence-corrected chi connectivity index (χ1v) is 8.37. The van der Waals surface area contributed by atoms with Gasteiger partial charge in [0, 0.05) is 6.54 Å². The molecule has 0 aliphatic heterocycles. The maximum atomic E-state index is 5.48. The van der Waals surface area contributed by atoms with Crippen LogP contribution in [-0.2, 0) is 0 Å². The summed E-state index contributed by atoms with van der Waals surface area (Å²) in [6, 6.07) is 6.63. The maximum absolute atomic E-state index is 5.48. The van der Waals surface area contributed by atoms with Crippen LogP contribution in [0.4, 0.5) is 0 Å². The molecule has 116 valence electrons. The average molecular weight is 287 g/mol. The van der Waals surface area contributed by atoms with Crippen molar-refractivity contribution in [1.82, 2.24) is 4.90 Å². The number of methoxy groups -OCH3 is 1. The van der Waals surface area contributed by atoms with Gasteiger partial charge in [-0.2, -0.15) is 0 Å². The van der Waals surface area contributed by atoms with E-state index in [1.807, 2.05) is 0 Å². The summed E-state index contributed by atoms with van der Waals surface area (Å²) in [4.78, 5) is 2.38. The van der Waals surface area contributed by atoms with E-state index in [2.05, 4.69) is 44.1 Å². The molecule has 0 spiro atoms. The molecular weight excluding hydrogens is 258 g/mol. The van der Waals surface area contributed by atoms with Gasteiger partial charge in [-0.25, -0.2) is 0 Å². The normalized spacial score (nSPS) is 31.7. The van der Waals surface area contributed by atoms with E-state index >= 15 is 0 Å². The van der Waals surface area contributed by atoms with Crippen LogP contribution in [0.15, 0.2) is 18.2 Å². The summed E-state index contributed by atoms with van der Waals surface area (Å²) >= 11 is 0. The molecule has 2 unspecified atom stereocenters. The van der Waals surface area contributed by atoms with Gasteiger partial charge in [0.15, 0.2) is 0 Å². The zero-order chi connectivity index (χ0) is 15.0. The lowest BCUT2D eigenvalue weighted by atomic mass is 9.68. The zero-order valence-corrected chi connectivity index (χ0v) is 13.9. The number of aryl methyl sites for hydroxylation is 1. The average Bonchev–Trinajstić information content (AvgIpc) is 2.85. The SMILES string of the molecule is COc1ccc(C)c(C2C[C@@H]3CC[C@@H](C3)C2CN(C)C)c1. The molecule has 2 heteroatoms. The van der Waals surface area contributed by atoms with Crippen molar-refractivity contribution in [2.75, 3.05) is 27.7 Å². The van der Waals surface area contributed by atoms with E-state index in [1.165, 1.54) is 43.4 Å². The van der Waals surface area contributed by atoms with E-state index in [0.29, 0.717) is 5.92 Å². The Morgan fingerprint density at radius 2 is 2.00 bits per heavy atom. The van der Waals surface area contributed by atoms with Crippen molar-refractivity contribution < 1.29 is 4.74 Å². The van der Waals surface area contributed by atoms with E-state index in [4.69, 9.17) is 4.74 Å². The predicted molar refractivity (Wildman–Crippen MR) is 88.0 cm³/mol. The molecule has 2 aliphatic rings. The van der Waals surface area contributed by atoms with Crippen molar-refractivity contribution in [1.29, 1.82) is 0 Å². The van der Waals surface area contributed by atoms with E-state index < -0.39 is 0 Å². The largest absolute Gasteiger partial charge is 0.497 e. The van der Waals surface area contributed by atoms with E-state index in [-0.39, 0.29) is 0 Å². The molecule has 0 N–H and O–H groups in total. The van der Waals surface area contributed by atoms with Crippen molar-refractivity contribution >= 4 is 0 Å². The van der Waals surface area contributed by atoms with Crippen molar-refractivity contribution in [3.8, 4) is 5.75 Å². The molecule has 0 amide bonds. The fourth-order valence-electron chi connectivity index (χ4n) is 4.78. The summed E-state index contributed by atoms with van der Waals surface area (Å²) in [5, 5.41) is 0. The van der Waals surface area contributed by atoms with Gasteiger partial charge in [0.25, 0.3) is 0 Å². The van der Waals surface area contributed by atoms with Crippen molar-refractivity contribution in [2.45, 2.75) is 38.5 Å². The van der Waals surface area contributed by atoms with E-state index in [9.17, 15) is 0 Å². The Morgan fingerprint density at radius 3 is 2.71 bits per heavy atom. The highest BCUT2D eigenvalue weighted by Gasteiger charge is 2.42. The lowest BCUT2D eigenvalue weighted by molar-refractivity contribution is 0.164. The molecule has 1 aromatic rings. The maximum Gasteiger partial charge on any atom is 0.119 e. The zero-order valence-electron chi connectivity index (χ0n) is 13.9. The Kier molecular flexibility index (Phi) is 4.26. The second-order valence-electron chi connectivity index (χ2n) is 7.43. The standard InChI is InChI=1S/C19H29NO/c1-13-5-8-16(21-4)11-17(13)18-10-14-6-7-15(9-14)19(18)12-20(2)3/h5,8,11,14-15,18-19H,6-7,9-10,12H2,1-4H3/t14-,15+,18?,19?/m1/s1. The molecule has 21 heavy (non-hydrogen) atoms. The molecule has 0 heterocycles. The van der Waals surface area contributed by atoms with Gasteiger partial charge in [0.1, 0.15) is 5.75 Å². The molecule has 0 aromatic heterocycles. The molecule has 3 rings (SSSR count). The topological polar surface area (TPSA) is 12.5 Å². The number of fused-ring (bicyclic) bond motifs is 2. The molecular formula is C19H29NO. The quantitative estimate of drug-likeness (QED) is 0.827. The van der Waals surface area contributed by atoms with Crippen LogP contribution in [0.25, 0.3) is 0 Å². The van der Waals surface area contributed by atoms with E-state index in [1.54, 1.807) is 7.11 Å². The molecule has 2 bridgehead atoms. The molecule has 2 fully saturated rings. The smallest absolute Gasteiger partial charge is 0.119 e. The fourth-order valence-corrected chi connectivity index (χ4v) is 4.78. The third-order valence-corrected chi connectivity index (χ3v) is 5.75. The molecule has 4 atom stereocenters. The Bertz CT molecular complexity index is 496. The molecule has 0 saturated heterocycles. The van der Waals surface area contributed by atoms with Gasteiger partial charge in [-0.1, -0.05) is 12.5 Å². The first-order chi connectivity index (χ1) is 10.1. The third-order valence-electron chi connectivity index (χ3n) is 5.75. The number of hydrogen-bond donors (Lipinski definition) is 0. The fraction of sp³-hybridized carbons (Fsp3) is 0.684. The van der Waals surface area contributed by atoms with Gasteiger partial charge < -0.3 is 9.64 Å². The summed E-state index contributed by atoms with van der Waals surface area (Å²) in [5.74, 6) is 4.43. The second-order valence-corrected chi connectivity index (χ2v) is 7.43. The van der Waals surface area contributed by atoms with Crippen LogP contribution >= 0.6 is 0 Å². The van der Waals surface area contributed by atoms with Crippen LogP contribution in [0.5, 0.6) is 5.75 Å². The van der Waals surface area contributed by atoms with Crippen LogP contribution in [0.2, 0.25) is 0 Å². The van der Waals surface area contributed by atoms with Crippen molar-refractivity contribution in [2.24, 2.45) is 17.8 Å². The summed E-state index contributed by atoms with van der Waals surface area (Å²) in [6.07, 6.45) is 5.75. The number of nitrogens with zero attached hydrogens (tertiary/aromatic N) is 1. The predicted octanol–water partition coefficient (Wildman–Crippen LogP) is 4.09. The van der Waals surface area contributed by atoms with Gasteiger partial charge in [0.05, 0.1) is 7.11 Å². The number of ether oxygens (including phenoxy) is 1. The number of hydrogen-bond acceptors (Lipinski definition) is 2. The van der Waals surface area contributed by atoms with Crippen LogP contribution in [0.3, 0.4) is 0 Å². The summed E-state index contributed by atoms with van der Waals surface area (Å²) in [5.41, 5.74) is 2.98. The summed E-state index contributed by atoms with van der Waals surface area (Å²) < 4.78 is 5.48. The van der Waals surface area contributed by atoms with Crippen molar-refractivity contribution in [3.63, 3.8) is 0 Å². The number of benzene rings is 1. The minimum atomic E-state index is 0.716. The Labute approximate surface area is 129 Å². The number of rotatable bonds is 4. The first kappa shape index (κ1) is 14.9. The van der Waals surface area contributed by atoms with Gasteiger partial charge in [0.2, 0.25) is 0 Å². The van der Waals surface area contributed by atoms with Crippen molar-refractivity contribution in [3.05, 3.63) is 29.3 Å². The summed E-state index contributed by atoms with van der Waals surface area (Å²) in [6.45, 7) is 3.48. The first-order valence-electron chi connectivity index (χ1n) is 8.37. The van der Waals surface area contributed by atoms with E-state index in [0.717, 1.165) is 23.5 Å². The van der Waals surface area contributed by atoms with Gasteiger partial charge in [-0.3, -0.25) is 0 Å². The Morgan fingerprint density at radius 1 is 1.19 bits per heavy atom. The highest BCUT2D eigenvalue weighted by atomic mass is 16.5. The molecule has 1 aromatic carbocycles. The summed E-state index contributed by atoms with van der Waals surface area (Å²) in [7, 11) is 6.21. The van der Waals surface area contributed by atoms with Gasteiger partial charge in [-0.05, 0) is 87.2 Å². The lowest BCUT2D eigenvalue weighted by Crippen LogP contribution is -2.34. The highest BCUT2D eigenvalue weighted by Crippen LogP contribution is 2.52. The second kappa shape index (κ2) is 6.00. The monoisotopic (exact) mass is 287 g/mol. The Hall–Kier alpha value is -1.02. The van der Waals surface area contributed by atoms with Crippen LogP contribution in [0, 0.1) is 24.7 Å². The molecule has 2 saturated carbocycles. The molecule has 2 aliphatic carbocycles. The highest BCUT2D eigenvalue weighted by molar-refractivity contribution is 5.38. The van der Waals surface area contributed by atoms with Gasteiger partial charge >= 0.3 is 0 Å². The van der Waals surface area contributed by atoms with Crippen LogP contribution < -0.4 is 4.74 Å².